The molecule has 3 rings (SSSR count). The Balaban J connectivity index is 1.83. The van der Waals surface area contributed by atoms with E-state index in [1.807, 2.05) is 30.3 Å². The Bertz CT molecular complexity index is 646. The standard InChI is InChI=1S/C17H17ClFNS/c1-11(13-4-2-3-5-15(13)18)20-16-8-9-21-17-7-6-12(19)10-14(16)17/h2-7,10-11,16,20H,8-9H2,1H3. The van der Waals surface area contributed by atoms with Crippen molar-refractivity contribution in [1.82, 2.24) is 5.32 Å². The molecule has 0 aromatic heterocycles. The van der Waals surface area contributed by atoms with Gasteiger partial charge in [0, 0.05) is 22.0 Å². The molecule has 21 heavy (non-hydrogen) atoms. The molecule has 2 unspecified atom stereocenters. The maximum Gasteiger partial charge on any atom is 0.123 e. The molecule has 1 N–H and O–H groups in total. The van der Waals surface area contributed by atoms with Crippen molar-refractivity contribution in [2.45, 2.75) is 30.3 Å². The Labute approximate surface area is 133 Å². The minimum atomic E-state index is -0.173. The summed E-state index contributed by atoms with van der Waals surface area (Å²) < 4.78 is 13.5. The Hall–Kier alpha value is -1.03. The van der Waals surface area contributed by atoms with Gasteiger partial charge in [-0.25, -0.2) is 4.39 Å². The normalized spacial score (nSPS) is 19.1. The van der Waals surface area contributed by atoms with Crippen LogP contribution < -0.4 is 5.32 Å². The van der Waals surface area contributed by atoms with Crippen molar-refractivity contribution in [3.05, 3.63) is 64.4 Å². The van der Waals surface area contributed by atoms with Gasteiger partial charge in [-0.1, -0.05) is 29.8 Å². The van der Waals surface area contributed by atoms with E-state index in [0.717, 1.165) is 28.3 Å². The molecular weight excluding hydrogens is 305 g/mol. The van der Waals surface area contributed by atoms with Crippen molar-refractivity contribution in [2.75, 3.05) is 5.75 Å². The number of fused-ring (bicyclic) bond motifs is 1. The van der Waals surface area contributed by atoms with E-state index in [0.29, 0.717) is 0 Å². The van der Waals surface area contributed by atoms with Crippen LogP contribution in [0.4, 0.5) is 4.39 Å². The van der Waals surface area contributed by atoms with Crippen molar-refractivity contribution < 1.29 is 4.39 Å². The summed E-state index contributed by atoms with van der Waals surface area (Å²) in [5.74, 6) is 0.874. The SMILES string of the molecule is CC(NC1CCSc2ccc(F)cc21)c1ccccc1Cl. The first-order valence-electron chi connectivity index (χ1n) is 7.08. The molecule has 0 radical (unpaired) electrons. The number of hydrogen-bond donors (Lipinski definition) is 1. The largest absolute Gasteiger partial charge is 0.303 e. The van der Waals surface area contributed by atoms with Gasteiger partial charge in [0.25, 0.3) is 0 Å². The second-order valence-corrected chi connectivity index (χ2v) is 6.83. The van der Waals surface area contributed by atoms with Crippen LogP contribution in [0.5, 0.6) is 0 Å². The molecule has 4 heteroatoms. The first-order chi connectivity index (χ1) is 10.1. The maximum absolute atomic E-state index is 13.5. The van der Waals surface area contributed by atoms with Crippen LogP contribution in [0.25, 0.3) is 0 Å². The van der Waals surface area contributed by atoms with Crippen LogP contribution in [0.3, 0.4) is 0 Å². The molecule has 2 aromatic carbocycles. The topological polar surface area (TPSA) is 12.0 Å². The number of thioether (sulfide) groups is 1. The van der Waals surface area contributed by atoms with Crippen molar-refractivity contribution in [3.63, 3.8) is 0 Å². The van der Waals surface area contributed by atoms with Crippen molar-refractivity contribution in [3.8, 4) is 0 Å². The van der Waals surface area contributed by atoms with Gasteiger partial charge in [0.1, 0.15) is 5.82 Å². The molecule has 0 aliphatic carbocycles. The van der Waals surface area contributed by atoms with Gasteiger partial charge < -0.3 is 5.32 Å². The second kappa shape index (κ2) is 6.39. The summed E-state index contributed by atoms with van der Waals surface area (Å²) in [5, 5.41) is 4.36. The van der Waals surface area contributed by atoms with E-state index in [1.54, 1.807) is 17.8 Å². The minimum absolute atomic E-state index is 0.128. The summed E-state index contributed by atoms with van der Waals surface area (Å²) in [6, 6.07) is 13.2. The lowest BCUT2D eigenvalue weighted by Gasteiger charge is -2.29. The summed E-state index contributed by atoms with van der Waals surface area (Å²) in [6.07, 6.45) is 0.996. The summed E-state index contributed by atoms with van der Waals surface area (Å²) in [7, 11) is 0. The number of hydrogen-bond acceptors (Lipinski definition) is 2. The van der Waals surface area contributed by atoms with Crippen LogP contribution in [-0.4, -0.2) is 5.75 Å². The fraction of sp³-hybridized carbons (Fsp3) is 0.294. The molecule has 0 saturated heterocycles. The molecule has 2 aromatic rings. The summed E-state index contributed by atoms with van der Waals surface area (Å²) in [6.45, 7) is 2.10. The zero-order chi connectivity index (χ0) is 14.8. The van der Waals surface area contributed by atoms with Gasteiger partial charge in [-0.3, -0.25) is 0 Å². The fourth-order valence-electron chi connectivity index (χ4n) is 2.76. The molecule has 110 valence electrons. The summed E-state index contributed by atoms with van der Waals surface area (Å²) in [5.41, 5.74) is 2.14. The predicted molar refractivity (Wildman–Crippen MR) is 87.5 cm³/mol. The number of nitrogens with one attached hydrogen (secondary N) is 1. The summed E-state index contributed by atoms with van der Waals surface area (Å²) in [4.78, 5) is 1.17. The van der Waals surface area contributed by atoms with Crippen LogP contribution in [0.15, 0.2) is 47.4 Å². The number of rotatable bonds is 3. The van der Waals surface area contributed by atoms with Crippen molar-refractivity contribution >= 4 is 23.4 Å². The Kier molecular flexibility index (Phi) is 4.53. The van der Waals surface area contributed by atoms with Crippen LogP contribution >= 0.6 is 23.4 Å². The molecule has 1 aliphatic heterocycles. The molecule has 0 saturated carbocycles. The Morgan fingerprint density at radius 3 is 2.90 bits per heavy atom. The fourth-order valence-corrected chi connectivity index (χ4v) is 4.16. The van der Waals surface area contributed by atoms with Crippen molar-refractivity contribution in [1.29, 1.82) is 0 Å². The first kappa shape index (κ1) is 14.9. The van der Waals surface area contributed by atoms with E-state index >= 15 is 0 Å². The van der Waals surface area contributed by atoms with Gasteiger partial charge in [0.2, 0.25) is 0 Å². The van der Waals surface area contributed by atoms with E-state index in [9.17, 15) is 4.39 Å². The van der Waals surface area contributed by atoms with E-state index < -0.39 is 0 Å². The van der Waals surface area contributed by atoms with Gasteiger partial charge >= 0.3 is 0 Å². The smallest absolute Gasteiger partial charge is 0.123 e. The van der Waals surface area contributed by atoms with Crippen LogP contribution in [0.1, 0.15) is 36.6 Å². The minimum Gasteiger partial charge on any atom is -0.303 e. The first-order valence-corrected chi connectivity index (χ1v) is 8.44. The van der Waals surface area contributed by atoms with E-state index in [2.05, 4.69) is 12.2 Å². The van der Waals surface area contributed by atoms with Gasteiger partial charge in [-0.05, 0) is 54.5 Å². The third kappa shape index (κ3) is 3.25. The highest BCUT2D eigenvalue weighted by Gasteiger charge is 2.23. The van der Waals surface area contributed by atoms with E-state index in [4.69, 9.17) is 11.6 Å². The third-order valence-corrected chi connectivity index (χ3v) is 5.30. The lowest BCUT2D eigenvalue weighted by atomic mass is 10.0. The molecule has 0 bridgehead atoms. The van der Waals surface area contributed by atoms with Crippen molar-refractivity contribution in [2.24, 2.45) is 0 Å². The monoisotopic (exact) mass is 321 g/mol. The highest BCUT2D eigenvalue weighted by atomic mass is 35.5. The number of halogens is 2. The highest BCUT2D eigenvalue weighted by molar-refractivity contribution is 7.99. The predicted octanol–water partition coefficient (Wildman–Crippen LogP) is 5.37. The van der Waals surface area contributed by atoms with Gasteiger partial charge in [0.15, 0.2) is 0 Å². The van der Waals surface area contributed by atoms with E-state index in [1.165, 1.54) is 11.0 Å². The van der Waals surface area contributed by atoms with Crippen LogP contribution in [0, 0.1) is 5.82 Å². The molecule has 0 amide bonds. The highest BCUT2D eigenvalue weighted by Crippen LogP contribution is 2.38. The number of benzene rings is 2. The zero-order valence-electron chi connectivity index (χ0n) is 11.8. The van der Waals surface area contributed by atoms with Gasteiger partial charge in [-0.2, -0.15) is 0 Å². The maximum atomic E-state index is 13.5. The molecule has 0 spiro atoms. The average Bonchev–Trinajstić information content (AvgIpc) is 2.48. The summed E-state index contributed by atoms with van der Waals surface area (Å²) >= 11 is 8.05. The third-order valence-electron chi connectivity index (χ3n) is 3.83. The Morgan fingerprint density at radius 2 is 2.10 bits per heavy atom. The van der Waals surface area contributed by atoms with Crippen LogP contribution in [0.2, 0.25) is 5.02 Å². The molecule has 1 nitrogen and oxygen atoms in total. The quantitative estimate of drug-likeness (QED) is 0.816. The van der Waals surface area contributed by atoms with Crippen LogP contribution in [-0.2, 0) is 0 Å². The lowest BCUT2D eigenvalue weighted by molar-refractivity contribution is 0.447. The molecule has 1 heterocycles. The van der Waals surface area contributed by atoms with E-state index in [-0.39, 0.29) is 17.9 Å². The lowest BCUT2D eigenvalue weighted by Crippen LogP contribution is -2.27. The zero-order valence-corrected chi connectivity index (χ0v) is 13.3. The Morgan fingerprint density at radius 1 is 1.29 bits per heavy atom. The van der Waals surface area contributed by atoms with Gasteiger partial charge in [0.05, 0.1) is 0 Å². The molecular formula is C17H17ClFNS. The molecule has 2 atom stereocenters. The molecule has 1 aliphatic rings. The average molecular weight is 322 g/mol. The van der Waals surface area contributed by atoms with Gasteiger partial charge in [-0.15, -0.1) is 11.8 Å². The molecule has 0 fully saturated rings. The second-order valence-electron chi connectivity index (χ2n) is 5.28.